The molecule has 0 saturated carbocycles. The van der Waals surface area contributed by atoms with Gasteiger partial charge in [-0.1, -0.05) is 48.3 Å². The molecule has 6 heteroatoms. The number of hydrogen-bond donors (Lipinski definition) is 2. The Morgan fingerprint density at radius 1 is 1.28 bits per heavy atom. The van der Waals surface area contributed by atoms with Crippen molar-refractivity contribution in [1.29, 1.82) is 0 Å². The van der Waals surface area contributed by atoms with Gasteiger partial charge in [-0.3, -0.25) is 4.79 Å². The summed E-state index contributed by atoms with van der Waals surface area (Å²) in [5.41, 5.74) is 3.61. The first-order valence-electron chi connectivity index (χ1n) is 8.19. The number of halogens is 3. The first-order valence-corrected chi connectivity index (χ1v) is 8.95. The van der Waals surface area contributed by atoms with Gasteiger partial charge in [0, 0.05) is 11.3 Å². The predicted molar refractivity (Wildman–Crippen MR) is 101 cm³/mol. The van der Waals surface area contributed by atoms with E-state index in [1.165, 1.54) is 12.1 Å². The number of quaternary nitrogens is 1. The molecule has 2 rings (SSSR count). The number of carbonyl (C=O) groups is 1. The maximum atomic E-state index is 13.6. The number of carbonyl (C=O) groups excluding carboxylic acids is 1. The van der Waals surface area contributed by atoms with Crippen LogP contribution in [0, 0.1) is 12.7 Å². The molecule has 0 aromatic heterocycles. The fourth-order valence-electron chi connectivity index (χ4n) is 2.69. The Kier molecular flexibility index (Phi) is 6.82. The highest BCUT2D eigenvalue weighted by Gasteiger charge is 2.18. The highest BCUT2D eigenvalue weighted by atomic mass is 35.5. The van der Waals surface area contributed by atoms with E-state index in [4.69, 9.17) is 23.2 Å². The van der Waals surface area contributed by atoms with E-state index in [2.05, 4.69) is 12.2 Å². The zero-order chi connectivity index (χ0) is 18.6. The third kappa shape index (κ3) is 4.94. The monoisotopic (exact) mass is 383 g/mol. The summed E-state index contributed by atoms with van der Waals surface area (Å²) < 4.78 is 13.6. The van der Waals surface area contributed by atoms with Crippen molar-refractivity contribution in [2.45, 2.75) is 33.2 Å². The number of nitrogens with two attached hydrogens (primary N) is 1. The van der Waals surface area contributed by atoms with Crippen LogP contribution in [0.1, 0.15) is 36.6 Å². The lowest BCUT2D eigenvalue weighted by molar-refractivity contribution is -0.682. The molecule has 0 aliphatic carbocycles. The second kappa shape index (κ2) is 8.65. The van der Waals surface area contributed by atoms with Gasteiger partial charge < -0.3 is 10.6 Å². The molecule has 0 saturated heterocycles. The van der Waals surface area contributed by atoms with Crippen LogP contribution in [0.15, 0.2) is 30.3 Å². The van der Waals surface area contributed by atoms with Crippen LogP contribution in [0.2, 0.25) is 10.0 Å². The molecule has 0 heterocycles. The van der Waals surface area contributed by atoms with E-state index in [0.717, 1.165) is 23.2 Å². The van der Waals surface area contributed by atoms with Gasteiger partial charge in [-0.05, 0) is 43.5 Å². The lowest BCUT2D eigenvalue weighted by atomic mass is 10.1. The molecular formula is C19H22Cl2FN2O+. The molecule has 0 unspecified atom stereocenters. The minimum Gasteiger partial charge on any atom is -0.332 e. The average molecular weight is 384 g/mol. The van der Waals surface area contributed by atoms with Crippen molar-refractivity contribution in [3.63, 3.8) is 0 Å². The molecular weight excluding hydrogens is 362 g/mol. The summed E-state index contributed by atoms with van der Waals surface area (Å²) >= 11 is 11.8. The second-order valence-corrected chi connectivity index (χ2v) is 6.84. The SMILES string of the molecule is CCc1cccc(C)c1NC(=O)C[NH2+][C@@H](C)c1cc(F)c(Cl)cc1Cl. The van der Waals surface area contributed by atoms with E-state index < -0.39 is 5.82 Å². The van der Waals surface area contributed by atoms with Crippen molar-refractivity contribution in [3.05, 3.63) is 62.9 Å². The largest absolute Gasteiger partial charge is 0.332 e. The Morgan fingerprint density at radius 2 is 2.00 bits per heavy atom. The second-order valence-electron chi connectivity index (χ2n) is 6.03. The van der Waals surface area contributed by atoms with E-state index in [1.807, 2.05) is 37.4 Å². The van der Waals surface area contributed by atoms with Crippen LogP contribution in [-0.2, 0) is 11.2 Å². The molecule has 0 aliphatic rings. The lowest BCUT2D eigenvalue weighted by Crippen LogP contribution is -2.86. The molecule has 2 aromatic carbocycles. The van der Waals surface area contributed by atoms with Gasteiger partial charge in [-0.25, -0.2) is 4.39 Å². The molecule has 1 atom stereocenters. The smallest absolute Gasteiger partial charge is 0.279 e. The Bertz CT molecular complexity index is 780. The number of para-hydroxylation sites is 1. The normalized spacial score (nSPS) is 12.1. The Labute approximate surface area is 157 Å². The van der Waals surface area contributed by atoms with Crippen LogP contribution in [0.4, 0.5) is 10.1 Å². The fourth-order valence-corrected chi connectivity index (χ4v) is 3.25. The molecule has 134 valence electrons. The fraction of sp³-hybridized carbons (Fsp3) is 0.316. The van der Waals surface area contributed by atoms with E-state index in [-0.39, 0.29) is 23.5 Å². The van der Waals surface area contributed by atoms with E-state index >= 15 is 0 Å². The van der Waals surface area contributed by atoms with Gasteiger partial charge in [0.05, 0.1) is 10.0 Å². The summed E-state index contributed by atoms with van der Waals surface area (Å²) in [6.45, 7) is 6.10. The van der Waals surface area contributed by atoms with Crippen molar-refractivity contribution in [1.82, 2.24) is 0 Å². The summed E-state index contributed by atoms with van der Waals surface area (Å²) in [5.74, 6) is -0.625. The van der Waals surface area contributed by atoms with Crippen LogP contribution in [-0.4, -0.2) is 12.5 Å². The molecule has 0 fully saturated rings. The number of nitrogens with one attached hydrogen (secondary N) is 1. The third-order valence-corrected chi connectivity index (χ3v) is 4.81. The number of benzene rings is 2. The Balaban J connectivity index is 2.02. The Hall–Kier alpha value is -1.62. The van der Waals surface area contributed by atoms with Gasteiger partial charge in [-0.15, -0.1) is 0 Å². The standard InChI is InChI=1S/C19H21Cl2FN2O/c1-4-13-7-5-6-11(2)19(13)24-18(25)10-23-12(3)14-8-17(22)16(21)9-15(14)20/h5-9,12,23H,4,10H2,1-3H3,(H,24,25)/p+1/t12-/m0/s1. The number of anilines is 1. The van der Waals surface area contributed by atoms with Gasteiger partial charge in [0.15, 0.2) is 6.54 Å². The summed E-state index contributed by atoms with van der Waals surface area (Å²) in [5, 5.41) is 5.17. The van der Waals surface area contributed by atoms with Gasteiger partial charge >= 0.3 is 0 Å². The van der Waals surface area contributed by atoms with E-state index in [9.17, 15) is 9.18 Å². The maximum absolute atomic E-state index is 13.6. The molecule has 3 nitrogen and oxygen atoms in total. The summed E-state index contributed by atoms with van der Waals surface area (Å²) in [7, 11) is 0. The van der Waals surface area contributed by atoms with Crippen molar-refractivity contribution in [3.8, 4) is 0 Å². The van der Waals surface area contributed by atoms with Crippen molar-refractivity contribution >= 4 is 34.8 Å². The first-order chi connectivity index (χ1) is 11.8. The average Bonchev–Trinajstić information content (AvgIpc) is 2.57. The first kappa shape index (κ1) is 19.7. The minimum atomic E-state index is -0.515. The summed E-state index contributed by atoms with van der Waals surface area (Å²) in [6, 6.07) is 8.49. The quantitative estimate of drug-likeness (QED) is 0.718. The molecule has 0 spiro atoms. The zero-order valence-corrected chi connectivity index (χ0v) is 16.0. The summed E-state index contributed by atoms with van der Waals surface area (Å²) in [6.07, 6.45) is 0.844. The minimum absolute atomic E-state index is 0.00894. The van der Waals surface area contributed by atoms with Crippen molar-refractivity contribution in [2.75, 3.05) is 11.9 Å². The van der Waals surface area contributed by atoms with Crippen molar-refractivity contribution < 1.29 is 14.5 Å². The van der Waals surface area contributed by atoms with Crippen LogP contribution in [0.25, 0.3) is 0 Å². The summed E-state index contributed by atoms with van der Waals surface area (Å²) in [4.78, 5) is 12.3. The lowest BCUT2D eigenvalue weighted by Gasteiger charge is -2.15. The van der Waals surface area contributed by atoms with Gasteiger partial charge in [0.1, 0.15) is 11.9 Å². The van der Waals surface area contributed by atoms with Gasteiger partial charge in [0.25, 0.3) is 5.91 Å². The Morgan fingerprint density at radius 3 is 2.68 bits per heavy atom. The zero-order valence-electron chi connectivity index (χ0n) is 14.5. The number of rotatable bonds is 6. The molecule has 0 aliphatic heterocycles. The number of amides is 1. The van der Waals surface area contributed by atoms with Crippen LogP contribution in [0.5, 0.6) is 0 Å². The topological polar surface area (TPSA) is 45.7 Å². The maximum Gasteiger partial charge on any atom is 0.279 e. The van der Waals surface area contributed by atoms with E-state index in [0.29, 0.717) is 10.6 Å². The molecule has 0 radical (unpaired) electrons. The number of hydrogen-bond acceptors (Lipinski definition) is 1. The van der Waals surface area contributed by atoms with Gasteiger partial charge in [0.2, 0.25) is 0 Å². The van der Waals surface area contributed by atoms with Crippen LogP contribution >= 0.6 is 23.2 Å². The number of aryl methyl sites for hydroxylation is 2. The highest BCUT2D eigenvalue weighted by Crippen LogP contribution is 2.27. The third-order valence-electron chi connectivity index (χ3n) is 4.19. The molecule has 0 bridgehead atoms. The predicted octanol–water partition coefficient (Wildman–Crippen LogP) is 4.27. The molecule has 3 N–H and O–H groups in total. The van der Waals surface area contributed by atoms with Gasteiger partial charge in [-0.2, -0.15) is 0 Å². The van der Waals surface area contributed by atoms with Crippen molar-refractivity contribution in [2.24, 2.45) is 0 Å². The molecule has 2 aromatic rings. The van der Waals surface area contributed by atoms with Crippen LogP contribution < -0.4 is 10.6 Å². The van der Waals surface area contributed by atoms with Crippen LogP contribution in [0.3, 0.4) is 0 Å². The highest BCUT2D eigenvalue weighted by molar-refractivity contribution is 6.35. The van der Waals surface area contributed by atoms with E-state index in [1.54, 1.807) is 0 Å². The molecule has 1 amide bonds. The molecule has 25 heavy (non-hydrogen) atoms.